The zero-order chi connectivity index (χ0) is 34.2. The van der Waals surface area contributed by atoms with E-state index in [0.29, 0.717) is 13.0 Å². The van der Waals surface area contributed by atoms with E-state index in [1.165, 1.54) is 33.7 Å². The van der Waals surface area contributed by atoms with Gasteiger partial charge >= 0.3 is 12.1 Å². The van der Waals surface area contributed by atoms with E-state index in [-0.39, 0.29) is 37.9 Å². The molecule has 3 atom stereocenters. The topological polar surface area (TPSA) is 117 Å². The summed E-state index contributed by atoms with van der Waals surface area (Å²) >= 11 is 0. The van der Waals surface area contributed by atoms with E-state index in [1.807, 2.05) is 61.5 Å². The van der Waals surface area contributed by atoms with Crippen LogP contribution in [0.3, 0.4) is 0 Å². The summed E-state index contributed by atoms with van der Waals surface area (Å²) < 4.78 is 10.8. The number of amides is 4. The molecule has 46 heavy (non-hydrogen) atoms. The second-order valence-electron chi connectivity index (χ2n) is 12.8. The minimum Gasteiger partial charge on any atom is -0.459 e. The molecular weight excluding hydrogens is 588 g/mol. The molecule has 1 fully saturated rings. The van der Waals surface area contributed by atoms with Crippen LogP contribution in [0, 0.1) is 6.92 Å². The highest BCUT2D eigenvalue weighted by Gasteiger charge is 2.44. The van der Waals surface area contributed by atoms with Gasteiger partial charge in [-0.05, 0) is 59.1 Å². The summed E-state index contributed by atoms with van der Waals surface area (Å²) in [6.07, 6.45) is -0.000366. The average molecular weight is 637 g/mol. The molecule has 11 heteroatoms. The number of likely N-dealkylation sites (tertiary alicyclic amines) is 1. The molecule has 1 aliphatic heterocycles. The first-order valence-electron chi connectivity index (χ1n) is 15.7. The smallest absolute Gasteiger partial charge is 0.410 e. The maximum absolute atomic E-state index is 14.0. The van der Waals surface area contributed by atoms with Crippen molar-refractivity contribution in [2.45, 2.75) is 84.7 Å². The molecule has 250 valence electrons. The van der Waals surface area contributed by atoms with Crippen molar-refractivity contribution in [3.05, 3.63) is 71.3 Å². The first kappa shape index (κ1) is 36.1. The van der Waals surface area contributed by atoms with E-state index in [4.69, 9.17) is 9.47 Å². The predicted octanol–water partition coefficient (Wildman–Crippen LogP) is 3.81. The minimum absolute atomic E-state index is 0.0694. The molecular formula is C35H48N4O7. The molecule has 1 aliphatic rings. The second kappa shape index (κ2) is 15.7. The van der Waals surface area contributed by atoms with Gasteiger partial charge < -0.3 is 24.2 Å². The van der Waals surface area contributed by atoms with Gasteiger partial charge in [0.2, 0.25) is 17.7 Å². The monoisotopic (exact) mass is 636 g/mol. The highest BCUT2D eigenvalue weighted by molar-refractivity contribution is 5.95. The highest BCUT2D eigenvalue weighted by atomic mass is 16.6. The number of rotatable bonds is 12. The van der Waals surface area contributed by atoms with Crippen LogP contribution in [-0.2, 0) is 41.7 Å². The Hall–Kier alpha value is -4.41. The number of hydrogen-bond donors (Lipinski definition) is 0. The van der Waals surface area contributed by atoms with Gasteiger partial charge in [-0.25, -0.2) is 4.79 Å². The van der Waals surface area contributed by atoms with Crippen molar-refractivity contribution in [3.63, 3.8) is 0 Å². The fourth-order valence-electron chi connectivity index (χ4n) is 5.19. The first-order valence-corrected chi connectivity index (χ1v) is 15.7. The van der Waals surface area contributed by atoms with E-state index in [1.54, 1.807) is 34.6 Å². The van der Waals surface area contributed by atoms with Crippen molar-refractivity contribution in [1.29, 1.82) is 0 Å². The maximum Gasteiger partial charge on any atom is 0.410 e. The van der Waals surface area contributed by atoms with Crippen LogP contribution in [0.5, 0.6) is 0 Å². The molecule has 0 N–H and O–H groups in total. The van der Waals surface area contributed by atoms with Gasteiger partial charge in [0.1, 0.15) is 36.9 Å². The Morgan fingerprint density at radius 1 is 0.957 bits per heavy atom. The Bertz CT molecular complexity index is 1370. The number of nitrogens with zero attached hydrogens (tertiary/aromatic N) is 4. The van der Waals surface area contributed by atoms with E-state index < -0.39 is 41.7 Å². The molecule has 2 aromatic rings. The van der Waals surface area contributed by atoms with E-state index in [9.17, 15) is 24.0 Å². The molecule has 11 nitrogen and oxygen atoms in total. The summed E-state index contributed by atoms with van der Waals surface area (Å²) in [4.78, 5) is 72.2. The molecule has 0 saturated carbocycles. The number of carbonyl (C=O) groups excluding carboxylic acids is 5. The van der Waals surface area contributed by atoms with Gasteiger partial charge in [-0.3, -0.25) is 24.1 Å². The molecule has 0 spiro atoms. The number of aryl methyl sites for hydroxylation is 1. The van der Waals surface area contributed by atoms with Gasteiger partial charge in [0.25, 0.3) is 0 Å². The van der Waals surface area contributed by atoms with Gasteiger partial charge in [-0.1, -0.05) is 60.2 Å². The normalized spacial score (nSPS) is 15.6. The predicted molar refractivity (Wildman–Crippen MR) is 174 cm³/mol. The largest absolute Gasteiger partial charge is 0.459 e. The molecule has 2 aromatic carbocycles. The van der Waals surface area contributed by atoms with Crippen LogP contribution < -0.4 is 0 Å². The van der Waals surface area contributed by atoms with Crippen molar-refractivity contribution in [2.24, 2.45) is 0 Å². The lowest BCUT2D eigenvalue weighted by atomic mass is 9.96. The molecule has 0 aromatic heterocycles. The van der Waals surface area contributed by atoms with Gasteiger partial charge in [0.05, 0.1) is 0 Å². The van der Waals surface area contributed by atoms with Gasteiger partial charge in [0.15, 0.2) is 0 Å². The highest BCUT2D eigenvalue weighted by Crippen LogP contribution is 2.25. The van der Waals surface area contributed by atoms with Crippen LogP contribution in [0.1, 0.15) is 57.7 Å². The lowest BCUT2D eigenvalue weighted by Gasteiger charge is -2.45. The zero-order valence-corrected chi connectivity index (χ0v) is 28.3. The van der Waals surface area contributed by atoms with E-state index in [2.05, 4.69) is 0 Å². The fraction of sp³-hybridized carbons (Fsp3) is 0.514. The van der Waals surface area contributed by atoms with Crippen molar-refractivity contribution >= 4 is 29.8 Å². The van der Waals surface area contributed by atoms with Crippen molar-refractivity contribution < 1.29 is 33.4 Å². The molecule has 0 bridgehead atoms. The third-order valence-corrected chi connectivity index (χ3v) is 8.02. The molecule has 0 aliphatic carbocycles. The summed E-state index contributed by atoms with van der Waals surface area (Å²) in [7, 11) is 3.00. The number of carbonyl (C=O) groups is 5. The second-order valence-corrected chi connectivity index (χ2v) is 12.8. The Kier molecular flexibility index (Phi) is 12.3. The van der Waals surface area contributed by atoms with E-state index in [0.717, 1.165) is 16.7 Å². The Morgan fingerprint density at radius 3 is 2.13 bits per heavy atom. The Balaban J connectivity index is 1.75. The number of benzene rings is 2. The van der Waals surface area contributed by atoms with Crippen LogP contribution in [0.2, 0.25) is 0 Å². The molecule has 4 amide bonds. The third kappa shape index (κ3) is 9.55. The Morgan fingerprint density at radius 2 is 1.59 bits per heavy atom. The quantitative estimate of drug-likeness (QED) is 0.325. The van der Waals surface area contributed by atoms with Crippen molar-refractivity contribution in [3.8, 4) is 0 Å². The van der Waals surface area contributed by atoms with Gasteiger partial charge in [-0.15, -0.1) is 0 Å². The molecule has 1 heterocycles. The van der Waals surface area contributed by atoms with Crippen molar-refractivity contribution in [2.75, 3.05) is 33.7 Å². The lowest BCUT2D eigenvalue weighted by Crippen LogP contribution is -2.64. The third-order valence-electron chi connectivity index (χ3n) is 8.02. The van der Waals surface area contributed by atoms with E-state index >= 15 is 0 Å². The van der Waals surface area contributed by atoms with Crippen LogP contribution >= 0.6 is 0 Å². The van der Waals surface area contributed by atoms with Gasteiger partial charge in [-0.2, -0.15) is 0 Å². The number of likely N-dealkylation sites (N-methyl/N-ethyl adjacent to an activating group) is 3. The lowest BCUT2D eigenvalue weighted by molar-refractivity contribution is -0.162. The Labute approximate surface area is 272 Å². The maximum atomic E-state index is 14.0. The zero-order valence-electron chi connectivity index (χ0n) is 28.3. The SMILES string of the molecule is CCN(C(=O)[C@@H]1CCN1C(=O)C(C)N(C)C(=O)OCc1ccccc1)[C@@H](Cc1ccc(C)cc1)C(=O)N(C)CC(=O)OC(C)(C)C. The number of ether oxygens (including phenoxy) is 2. The number of hydrogen-bond acceptors (Lipinski definition) is 7. The summed E-state index contributed by atoms with van der Waals surface area (Å²) in [5.74, 6) is -1.71. The summed E-state index contributed by atoms with van der Waals surface area (Å²) in [5, 5.41) is 0. The molecule has 3 rings (SSSR count). The average Bonchev–Trinajstić information content (AvgIpc) is 2.98. The molecule has 1 unspecified atom stereocenters. The fourth-order valence-corrected chi connectivity index (χ4v) is 5.19. The van der Waals surface area contributed by atoms with Crippen molar-refractivity contribution in [1.82, 2.24) is 19.6 Å². The molecule has 1 saturated heterocycles. The van der Waals surface area contributed by atoms with Crippen LogP contribution in [0.4, 0.5) is 4.79 Å². The van der Waals surface area contributed by atoms with Crippen LogP contribution in [0.15, 0.2) is 54.6 Å². The van der Waals surface area contributed by atoms with Crippen LogP contribution in [-0.4, -0.2) is 107 Å². The first-order chi connectivity index (χ1) is 21.6. The molecule has 0 radical (unpaired) electrons. The number of esters is 1. The standard InChI is InChI=1S/C35H48N4O7/c1-9-38(29(21-26-17-15-24(2)16-18-26)32(42)36(7)22-30(40)46-35(4,5)6)33(43)28-19-20-39(28)31(41)25(3)37(8)34(44)45-23-27-13-11-10-12-14-27/h10-18,25,28-29H,9,19-23H2,1-8H3/t25?,28-,29-/m0/s1. The summed E-state index contributed by atoms with van der Waals surface area (Å²) in [5.41, 5.74) is 2.02. The van der Waals surface area contributed by atoms with Crippen LogP contribution in [0.25, 0.3) is 0 Å². The summed E-state index contributed by atoms with van der Waals surface area (Å²) in [6.45, 7) is 11.0. The summed E-state index contributed by atoms with van der Waals surface area (Å²) in [6, 6.07) is 14.4. The van der Waals surface area contributed by atoms with Gasteiger partial charge in [0, 0.05) is 33.6 Å². The minimum atomic E-state index is -0.918.